The topological polar surface area (TPSA) is 30.7 Å². The van der Waals surface area contributed by atoms with Gasteiger partial charge in [0, 0.05) is 13.2 Å². The first-order valence-corrected chi connectivity index (χ1v) is 5.98. The molecule has 17 heavy (non-hydrogen) atoms. The summed E-state index contributed by atoms with van der Waals surface area (Å²) >= 11 is 0. The lowest BCUT2D eigenvalue weighted by Crippen LogP contribution is -1.98. The first kappa shape index (κ1) is 11.8. The van der Waals surface area contributed by atoms with Crippen LogP contribution in [0.3, 0.4) is 0 Å². The summed E-state index contributed by atoms with van der Waals surface area (Å²) < 4.78 is 1.75. The molecule has 2 aromatic rings. The maximum atomic E-state index is 4.12. The van der Waals surface area contributed by atoms with E-state index in [9.17, 15) is 0 Å². The fraction of sp³-hybridized carbons (Fsp3) is 0.429. The van der Waals surface area contributed by atoms with Crippen LogP contribution < -0.4 is 0 Å². The molecule has 1 aromatic heterocycles. The second-order valence-corrected chi connectivity index (χ2v) is 4.76. The molecule has 0 N–H and O–H groups in total. The molecule has 1 heterocycles. The Morgan fingerprint density at radius 1 is 1.06 bits per heavy atom. The van der Waals surface area contributed by atoms with Gasteiger partial charge in [-0.25, -0.2) is 0 Å². The van der Waals surface area contributed by atoms with Crippen molar-refractivity contribution in [1.29, 1.82) is 0 Å². The number of aryl methyl sites for hydroxylation is 5. The lowest BCUT2D eigenvalue weighted by molar-refractivity contribution is 0.712. The van der Waals surface area contributed by atoms with E-state index in [1.54, 1.807) is 4.68 Å². The number of aromatic nitrogens is 3. The molecule has 0 bridgehead atoms. The highest BCUT2D eigenvalue weighted by molar-refractivity contribution is 5.37. The van der Waals surface area contributed by atoms with Crippen LogP contribution in [0.1, 0.15) is 27.9 Å². The lowest BCUT2D eigenvalue weighted by atomic mass is 9.96. The number of benzene rings is 1. The molecule has 0 spiro atoms. The Hall–Kier alpha value is -1.64. The first-order chi connectivity index (χ1) is 8.06. The highest BCUT2D eigenvalue weighted by Gasteiger charge is 2.05. The summed E-state index contributed by atoms with van der Waals surface area (Å²) in [5.41, 5.74) is 6.61. The average molecular weight is 229 g/mol. The van der Waals surface area contributed by atoms with E-state index in [0.717, 1.165) is 18.5 Å². The van der Waals surface area contributed by atoms with Crippen molar-refractivity contribution in [2.24, 2.45) is 7.05 Å². The molecule has 0 aliphatic rings. The van der Waals surface area contributed by atoms with Crippen LogP contribution in [-0.2, 0) is 19.9 Å². The molecule has 90 valence electrons. The molecule has 3 heteroatoms. The van der Waals surface area contributed by atoms with Gasteiger partial charge >= 0.3 is 0 Å². The molecule has 0 saturated carbocycles. The van der Waals surface area contributed by atoms with Crippen LogP contribution in [0.5, 0.6) is 0 Å². The molecule has 0 fully saturated rings. The van der Waals surface area contributed by atoms with E-state index in [0.29, 0.717) is 0 Å². The van der Waals surface area contributed by atoms with Crippen molar-refractivity contribution in [3.63, 3.8) is 0 Å². The van der Waals surface area contributed by atoms with Crippen LogP contribution >= 0.6 is 0 Å². The molecule has 2 rings (SSSR count). The van der Waals surface area contributed by atoms with Gasteiger partial charge in [0.05, 0.1) is 5.69 Å². The zero-order valence-electron chi connectivity index (χ0n) is 11.0. The Kier molecular flexibility index (Phi) is 3.27. The summed E-state index contributed by atoms with van der Waals surface area (Å²) in [7, 11) is 1.90. The first-order valence-electron chi connectivity index (χ1n) is 5.98. The van der Waals surface area contributed by atoms with E-state index in [1.165, 1.54) is 22.3 Å². The summed E-state index contributed by atoms with van der Waals surface area (Å²) in [4.78, 5) is 0. The van der Waals surface area contributed by atoms with Gasteiger partial charge < -0.3 is 0 Å². The van der Waals surface area contributed by atoms with E-state index < -0.39 is 0 Å². The van der Waals surface area contributed by atoms with Gasteiger partial charge in [0.1, 0.15) is 0 Å². The minimum atomic E-state index is 0.957. The van der Waals surface area contributed by atoms with Crippen LogP contribution in [0, 0.1) is 20.8 Å². The highest BCUT2D eigenvalue weighted by atomic mass is 15.4. The molecule has 0 unspecified atom stereocenters. The van der Waals surface area contributed by atoms with Crippen LogP contribution in [0.4, 0.5) is 0 Å². The van der Waals surface area contributed by atoms with Gasteiger partial charge in [-0.1, -0.05) is 22.9 Å². The maximum absolute atomic E-state index is 4.12. The van der Waals surface area contributed by atoms with Crippen LogP contribution in [0.2, 0.25) is 0 Å². The van der Waals surface area contributed by atoms with Crippen molar-refractivity contribution in [2.45, 2.75) is 33.6 Å². The number of rotatable bonds is 3. The van der Waals surface area contributed by atoms with Crippen LogP contribution in [-0.4, -0.2) is 15.0 Å². The third-order valence-corrected chi connectivity index (χ3v) is 3.12. The fourth-order valence-corrected chi connectivity index (χ4v) is 2.37. The van der Waals surface area contributed by atoms with E-state index in [4.69, 9.17) is 0 Å². The Labute approximate surface area is 102 Å². The van der Waals surface area contributed by atoms with Crippen molar-refractivity contribution in [3.05, 3.63) is 46.3 Å². The van der Waals surface area contributed by atoms with E-state index in [2.05, 4.69) is 43.2 Å². The minimum Gasteiger partial charge on any atom is -0.255 e. The second kappa shape index (κ2) is 4.70. The molecule has 0 saturated heterocycles. The van der Waals surface area contributed by atoms with Crippen molar-refractivity contribution >= 4 is 0 Å². The van der Waals surface area contributed by atoms with Gasteiger partial charge in [-0.3, -0.25) is 4.68 Å². The summed E-state index contributed by atoms with van der Waals surface area (Å²) in [5, 5.41) is 8.08. The predicted octanol–water partition coefficient (Wildman–Crippen LogP) is 2.53. The SMILES string of the molecule is Cc1cc(C)c(CCc2cn(C)nn2)c(C)c1. The van der Waals surface area contributed by atoms with Gasteiger partial charge in [-0.2, -0.15) is 0 Å². The Bertz CT molecular complexity index is 503. The standard InChI is InChI=1S/C14H19N3/c1-10-7-11(2)14(12(3)8-10)6-5-13-9-17(4)16-15-13/h7-9H,5-6H2,1-4H3. The van der Waals surface area contributed by atoms with Gasteiger partial charge in [-0.15, -0.1) is 5.10 Å². The summed E-state index contributed by atoms with van der Waals surface area (Å²) in [5.74, 6) is 0. The van der Waals surface area contributed by atoms with Crippen LogP contribution in [0.15, 0.2) is 18.3 Å². The van der Waals surface area contributed by atoms with Gasteiger partial charge in [0.2, 0.25) is 0 Å². The molecular weight excluding hydrogens is 210 g/mol. The molecule has 1 aromatic carbocycles. The largest absolute Gasteiger partial charge is 0.255 e. The monoisotopic (exact) mass is 229 g/mol. The van der Waals surface area contributed by atoms with Crippen molar-refractivity contribution < 1.29 is 0 Å². The molecule has 0 atom stereocenters. The van der Waals surface area contributed by atoms with Gasteiger partial charge in [0.25, 0.3) is 0 Å². The predicted molar refractivity (Wildman–Crippen MR) is 69.1 cm³/mol. The smallest absolute Gasteiger partial charge is 0.0830 e. The zero-order valence-corrected chi connectivity index (χ0v) is 11.0. The summed E-state index contributed by atoms with van der Waals surface area (Å²) in [6.45, 7) is 6.52. The Morgan fingerprint density at radius 3 is 2.24 bits per heavy atom. The molecule has 0 amide bonds. The van der Waals surface area contributed by atoms with Crippen molar-refractivity contribution in [2.75, 3.05) is 0 Å². The maximum Gasteiger partial charge on any atom is 0.0830 e. The number of hydrogen-bond acceptors (Lipinski definition) is 2. The lowest BCUT2D eigenvalue weighted by Gasteiger charge is -2.10. The third-order valence-electron chi connectivity index (χ3n) is 3.12. The second-order valence-electron chi connectivity index (χ2n) is 4.76. The number of nitrogens with zero attached hydrogens (tertiary/aromatic N) is 3. The molecular formula is C14H19N3. The zero-order chi connectivity index (χ0) is 12.4. The van der Waals surface area contributed by atoms with Crippen LogP contribution in [0.25, 0.3) is 0 Å². The van der Waals surface area contributed by atoms with E-state index in [1.807, 2.05) is 13.2 Å². The van der Waals surface area contributed by atoms with E-state index >= 15 is 0 Å². The van der Waals surface area contributed by atoms with Crippen molar-refractivity contribution in [1.82, 2.24) is 15.0 Å². The van der Waals surface area contributed by atoms with E-state index in [-0.39, 0.29) is 0 Å². The normalized spacial score (nSPS) is 10.8. The summed E-state index contributed by atoms with van der Waals surface area (Å²) in [6.07, 6.45) is 3.98. The quantitative estimate of drug-likeness (QED) is 0.809. The molecule has 0 aliphatic heterocycles. The van der Waals surface area contributed by atoms with Gasteiger partial charge in [-0.05, 0) is 50.3 Å². The fourth-order valence-electron chi connectivity index (χ4n) is 2.37. The third kappa shape index (κ3) is 2.73. The molecule has 3 nitrogen and oxygen atoms in total. The number of hydrogen-bond donors (Lipinski definition) is 0. The molecule has 0 radical (unpaired) electrons. The van der Waals surface area contributed by atoms with Crippen molar-refractivity contribution in [3.8, 4) is 0 Å². The summed E-state index contributed by atoms with van der Waals surface area (Å²) in [6, 6.07) is 4.50. The Balaban J connectivity index is 2.14. The Morgan fingerprint density at radius 2 is 1.71 bits per heavy atom. The van der Waals surface area contributed by atoms with Gasteiger partial charge in [0.15, 0.2) is 0 Å². The average Bonchev–Trinajstić information content (AvgIpc) is 2.62. The molecule has 0 aliphatic carbocycles. The highest BCUT2D eigenvalue weighted by Crippen LogP contribution is 2.18. The minimum absolute atomic E-state index is 0.957.